The van der Waals surface area contributed by atoms with Crippen LogP contribution in [0.15, 0.2) is 45.9 Å². The van der Waals surface area contributed by atoms with Gasteiger partial charge in [0, 0.05) is 35.3 Å². The Balaban J connectivity index is 1.83. The Labute approximate surface area is 163 Å². The molecule has 146 valence electrons. The number of nitrogens with zero attached hydrogens (tertiary/aromatic N) is 3. The first kappa shape index (κ1) is 19.5. The molecular formula is C21H24N4O3. The Hall–Kier alpha value is -3.22. The topological polar surface area (TPSA) is 92.1 Å². The lowest BCUT2D eigenvalue weighted by molar-refractivity contribution is -0.133. The van der Waals surface area contributed by atoms with Gasteiger partial charge in [-0.1, -0.05) is 0 Å². The molecule has 3 aromatic heterocycles. The van der Waals surface area contributed by atoms with Crippen LogP contribution in [0.25, 0.3) is 11.4 Å². The number of furan rings is 1. The van der Waals surface area contributed by atoms with E-state index in [9.17, 15) is 9.59 Å². The fraction of sp³-hybridized carbons (Fsp3) is 0.333. The molecule has 1 amide bonds. The molecule has 7 nitrogen and oxygen atoms in total. The lowest BCUT2D eigenvalue weighted by atomic mass is 10.1. The van der Waals surface area contributed by atoms with Gasteiger partial charge in [-0.3, -0.25) is 14.6 Å². The molecule has 1 N–H and O–H groups in total. The predicted molar refractivity (Wildman–Crippen MR) is 106 cm³/mol. The van der Waals surface area contributed by atoms with Crippen LogP contribution in [0.3, 0.4) is 0 Å². The summed E-state index contributed by atoms with van der Waals surface area (Å²) in [5.74, 6) is 1.82. The summed E-state index contributed by atoms with van der Waals surface area (Å²) in [6.45, 7) is 7.85. The zero-order valence-electron chi connectivity index (χ0n) is 16.5. The zero-order valence-corrected chi connectivity index (χ0v) is 16.5. The number of carbonyl (C=O) groups is 1. The van der Waals surface area contributed by atoms with E-state index in [2.05, 4.69) is 15.0 Å². The first-order chi connectivity index (χ1) is 13.3. The Morgan fingerprint density at radius 2 is 2.04 bits per heavy atom. The molecule has 0 saturated carbocycles. The van der Waals surface area contributed by atoms with E-state index in [-0.39, 0.29) is 23.9 Å². The van der Waals surface area contributed by atoms with Crippen LogP contribution in [0.4, 0.5) is 0 Å². The zero-order chi connectivity index (χ0) is 20.3. The Kier molecular flexibility index (Phi) is 5.73. The van der Waals surface area contributed by atoms with Gasteiger partial charge in [0.05, 0.1) is 13.0 Å². The van der Waals surface area contributed by atoms with Crippen molar-refractivity contribution in [1.82, 2.24) is 19.9 Å². The highest BCUT2D eigenvalue weighted by molar-refractivity contribution is 5.79. The second kappa shape index (κ2) is 8.21. The molecule has 3 aromatic rings. The van der Waals surface area contributed by atoms with Crippen molar-refractivity contribution in [2.75, 3.05) is 0 Å². The van der Waals surface area contributed by atoms with Gasteiger partial charge in [-0.25, -0.2) is 4.98 Å². The third-order valence-corrected chi connectivity index (χ3v) is 4.55. The maximum Gasteiger partial charge on any atom is 0.255 e. The van der Waals surface area contributed by atoms with Crippen LogP contribution in [-0.4, -0.2) is 31.8 Å². The maximum atomic E-state index is 12.9. The third kappa shape index (κ3) is 4.36. The SMILES string of the molecule is Cc1ccc(CN(C(=O)Cc2c(C)nc(-c3cccnc3)[nH]c2=O)C(C)C)o1. The highest BCUT2D eigenvalue weighted by Crippen LogP contribution is 2.16. The fourth-order valence-corrected chi connectivity index (χ4v) is 3.01. The van der Waals surface area contributed by atoms with Gasteiger partial charge in [0.15, 0.2) is 0 Å². The predicted octanol–water partition coefficient (Wildman–Crippen LogP) is 3.02. The number of hydrogen-bond acceptors (Lipinski definition) is 5. The molecule has 0 saturated heterocycles. The van der Waals surface area contributed by atoms with Crippen LogP contribution in [-0.2, 0) is 17.8 Å². The second-order valence-electron chi connectivity index (χ2n) is 7.02. The second-order valence-corrected chi connectivity index (χ2v) is 7.02. The van der Waals surface area contributed by atoms with Crippen molar-refractivity contribution in [3.05, 3.63) is 69.8 Å². The first-order valence-electron chi connectivity index (χ1n) is 9.20. The largest absolute Gasteiger partial charge is 0.464 e. The summed E-state index contributed by atoms with van der Waals surface area (Å²) < 4.78 is 5.60. The summed E-state index contributed by atoms with van der Waals surface area (Å²) in [4.78, 5) is 38.5. The van der Waals surface area contributed by atoms with E-state index in [1.807, 2.05) is 39.0 Å². The average Bonchev–Trinajstić information content (AvgIpc) is 3.08. The number of aryl methyl sites for hydroxylation is 2. The molecule has 28 heavy (non-hydrogen) atoms. The highest BCUT2D eigenvalue weighted by atomic mass is 16.3. The van der Waals surface area contributed by atoms with Crippen molar-refractivity contribution in [2.24, 2.45) is 0 Å². The van der Waals surface area contributed by atoms with Crippen LogP contribution in [0, 0.1) is 13.8 Å². The smallest absolute Gasteiger partial charge is 0.255 e. The van der Waals surface area contributed by atoms with E-state index in [0.29, 0.717) is 23.6 Å². The van der Waals surface area contributed by atoms with Crippen LogP contribution < -0.4 is 5.56 Å². The van der Waals surface area contributed by atoms with Gasteiger partial charge in [0.25, 0.3) is 5.56 Å². The van der Waals surface area contributed by atoms with Gasteiger partial charge in [0.1, 0.15) is 17.3 Å². The standard InChI is InChI=1S/C21H24N4O3/c1-13(2)25(12-17-8-7-14(3)28-17)19(26)10-18-15(4)23-20(24-21(18)27)16-6-5-9-22-11-16/h5-9,11,13H,10,12H2,1-4H3,(H,23,24,27). The minimum Gasteiger partial charge on any atom is -0.464 e. The van der Waals surface area contributed by atoms with E-state index < -0.39 is 0 Å². The minimum absolute atomic E-state index is 0.0145. The van der Waals surface area contributed by atoms with E-state index in [4.69, 9.17) is 4.42 Å². The molecule has 0 radical (unpaired) electrons. The van der Waals surface area contributed by atoms with Gasteiger partial charge < -0.3 is 14.3 Å². The molecule has 0 aromatic carbocycles. The first-order valence-corrected chi connectivity index (χ1v) is 9.20. The summed E-state index contributed by atoms with van der Waals surface area (Å²) in [5.41, 5.74) is 1.32. The fourth-order valence-electron chi connectivity index (χ4n) is 3.01. The molecule has 3 heterocycles. The number of rotatable bonds is 6. The maximum absolute atomic E-state index is 12.9. The van der Waals surface area contributed by atoms with Gasteiger partial charge >= 0.3 is 0 Å². The van der Waals surface area contributed by atoms with Crippen molar-refractivity contribution in [3.63, 3.8) is 0 Å². The number of hydrogen-bond donors (Lipinski definition) is 1. The molecule has 0 unspecified atom stereocenters. The van der Waals surface area contributed by atoms with E-state index in [1.54, 1.807) is 30.3 Å². The van der Waals surface area contributed by atoms with Crippen LogP contribution in [0.5, 0.6) is 0 Å². The molecule has 0 aliphatic carbocycles. The monoisotopic (exact) mass is 380 g/mol. The molecule has 3 rings (SSSR count). The van der Waals surface area contributed by atoms with Crippen molar-refractivity contribution in [2.45, 2.75) is 46.7 Å². The lowest BCUT2D eigenvalue weighted by Gasteiger charge is -2.26. The van der Waals surface area contributed by atoms with Crippen LogP contribution in [0.1, 0.15) is 36.6 Å². The number of aromatic amines is 1. The summed E-state index contributed by atoms with van der Waals surface area (Å²) in [5, 5.41) is 0. The van der Waals surface area contributed by atoms with E-state index >= 15 is 0 Å². The van der Waals surface area contributed by atoms with E-state index in [0.717, 1.165) is 17.1 Å². The van der Waals surface area contributed by atoms with Crippen LogP contribution in [0.2, 0.25) is 0 Å². The number of aromatic nitrogens is 3. The van der Waals surface area contributed by atoms with Gasteiger partial charge in [-0.2, -0.15) is 0 Å². The molecule has 0 fully saturated rings. The third-order valence-electron chi connectivity index (χ3n) is 4.55. The molecular weight excluding hydrogens is 356 g/mol. The van der Waals surface area contributed by atoms with Crippen LogP contribution >= 0.6 is 0 Å². The summed E-state index contributed by atoms with van der Waals surface area (Å²) in [7, 11) is 0. The number of amides is 1. The number of carbonyl (C=O) groups excluding carboxylic acids is 1. The molecule has 0 atom stereocenters. The summed E-state index contributed by atoms with van der Waals surface area (Å²) in [6.07, 6.45) is 3.27. The van der Waals surface area contributed by atoms with Crippen molar-refractivity contribution in [1.29, 1.82) is 0 Å². The van der Waals surface area contributed by atoms with E-state index in [1.165, 1.54) is 0 Å². The average molecular weight is 380 g/mol. The molecule has 0 aliphatic rings. The Morgan fingerprint density at radius 1 is 1.25 bits per heavy atom. The Bertz CT molecular complexity index is 1020. The molecule has 7 heteroatoms. The minimum atomic E-state index is -0.308. The highest BCUT2D eigenvalue weighted by Gasteiger charge is 2.22. The van der Waals surface area contributed by atoms with Crippen molar-refractivity contribution in [3.8, 4) is 11.4 Å². The molecule has 0 aliphatic heterocycles. The normalized spacial score (nSPS) is 11.0. The van der Waals surface area contributed by atoms with Gasteiger partial charge in [-0.05, 0) is 52.0 Å². The number of nitrogens with one attached hydrogen (secondary N) is 1. The summed E-state index contributed by atoms with van der Waals surface area (Å²) >= 11 is 0. The van der Waals surface area contributed by atoms with Gasteiger partial charge in [0.2, 0.25) is 5.91 Å². The molecule has 0 spiro atoms. The van der Waals surface area contributed by atoms with Gasteiger partial charge in [-0.15, -0.1) is 0 Å². The van der Waals surface area contributed by atoms with Crippen molar-refractivity contribution >= 4 is 5.91 Å². The number of H-pyrrole nitrogens is 1. The van der Waals surface area contributed by atoms with Crippen molar-refractivity contribution < 1.29 is 9.21 Å². The lowest BCUT2D eigenvalue weighted by Crippen LogP contribution is -2.38. The Morgan fingerprint density at radius 3 is 2.61 bits per heavy atom. The number of pyridine rings is 1. The quantitative estimate of drug-likeness (QED) is 0.710. The summed E-state index contributed by atoms with van der Waals surface area (Å²) in [6, 6.07) is 7.30. The molecule has 0 bridgehead atoms.